The van der Waals surface area contributed by atoms with Crippen LogP contribution in [0.15, 0.2) is 29.3 Å². The summed E-state index contributed by atoms with van der Waals surface area (Å²) in [4.78, 5) is 4.34. The molecule has 0 saturated carbocycles. The van der Waals surface area contributed by atoms with Crippen LogP contribution in [0.2, 0.25) is 0 Å². The summed E-state index contributed by atoms with van der Waals surface area (Å²) in [5, 5.41) is 3.23. The molecule has 0 saturated heterocycles. The Morgan fingerprint density at radius 2 is 2.00 bits per heavy atom. The summed E-state index contributed by atoms with van der Waals surface area (Å²) in [6, 6.07) is 8.19. The molecule has 0 aromatic heterocycles. The van der Waals surface area contributed by atoms with E-state index in [1.54, 1.807) is 0 Å². The number of amidine groups is 1. The zero-order chi connectivity index (χ0) is 9.10. The van der Waals surface area contributed by atoms with Gasteiger partial charge in [0, 0.05) is 18.7 Å². The van der Waals surface area contributed by atoms with Crippen LogP contribution in [0.3, 0.4) is 0 Å². The number of rotatable bonds is 2. The van der Waals surface area contributed by atoms with E-state index in [1.807, 2.05) is 12.1 Å². The monoisotopic (exact) mass is 211 g/mol. The van der Waals surface area contributed by atoms with Crippen LogP contribution >= 0.6 is 12.4 Å². The molecule has 76 valence electrons. The lowest BCUT2D eigenvalue weighted by Crippen LogP contribution is -2.19. The van der Waals surface area contributed by atoms with Gasteiger partial charge in [-0.3, -0.25) is 4.99 Å². The first kappa shape index (κ1) is 11.0. The predicted molar refractivity (Wildman–Crippen MR) is 61.0 cm³/mol. The quantitative estimate of drug-likeness (QED) is 0.765. The summed E-state index contributed by atoms with van der Waals surface area (Å²) in [6.45, 7) is 2.43. The van der Waals surface area contributed by atoms with Gasteiger partial charge >= 0.3 is 0 Å². The number of nitrogens with zero attached hydrogens (tertiary/aromatic N) is 1. The third kappa shape index (κ3) is 2.25. The van der Waals surface area contributed by atoms with E-state index >= 15 is 0 Å². The Bertz CT molecular complexity index is 319. The lowest BCUT2D eigenvalue weighted by Gasteiger charge is -2.02. The second-order valence-corrected chi connectivity index (χ2v) is 3.06. The van der Waals surface area contributed by atoms with Gasteiger partial charge in [0.15, 0.2) is 0 Å². The van der Waals surface area contributed by atoms with Gasteiger partial charge in [0.2, 0.25) is 0 Å². The summed E-state index contributed by atoms with van der Waals surface area (Å²) in [5.41, 5.74) is 7.81. The third-order valence-corrected chi connectivity index (χ3v) is 2.14. The Kier molecular flexibility index (Phi) is 3.92. The Balaban J connectivity index is 0.000000980. The van der Waals surface area contributed by atoms with E-state index in [0.29, 0.717) is 6.54 Å². The summed E-state index contributed by atoms with van der Waals surface area (Å²) in [5.74, 6) is 1.00. The maximum Gasteiger partial charge on any atom is 0.128 e. The van der Waals surface area contributed by atoms with Gasteiger partial charge in [-0.1, -0.05) is 24.3 Å². The lowest BCUT2D eigenvalue weighted by molar-refractivity contribution is 0.960. The van der Waals surface area contributed by atoms with Crippen LogP contribution in [0.25, 0.3) is 0 Å². The Morgan fingerprint density at radius 1 is 1.29 bits per heavy atom. The molecule has 1 aliphatic rings. The van der Waals surface area contributed by atoms with Crippen LogP contribution in [0, 0.1) is 0 Å². The van der Waals surface area contributed by atoms with Gasteiger partial charge in [0.1, 0.15) is 5.84 Å². The van der Waals surface area contributed by atoms with Crippen molar-refractivity contribution in [3.63, 3.8) is 0 Å². The molecule has 1 aromatic rings. The molecule has 1 aromatic carbocycles. The number of nitrogens with two attached hydrogens (primary N) is 1. The molecule has 3 nitrogen and oxygen atoms in total. The SMILES string of the molecule is Cl.NCc1ccc(C2=NCCN2)cc1. The molecule has 0 fully saturated rings. The third-order valence-electron chi connectivity index (χ3n) is 2.14. The molecule has 0 bridgehead atoms. The first-order chi connectivity index (χ1) is 6.40. The molecule has 4 heteroatoms. The van der Waals surface area contributed by atoms with Gasteiger partial charge in [-0.15, -0.1) is 12.4 Å². The molecule has 1 heterocycles. The van der Waals surface area contributed by atoms with Gasteiger partial charge in [-0.05, 0) is 5.56 Å². The fraction of sp³-hybridized carbons (Fsp3) is 0.300. The Labute approximate surface area is 89.8 Å². The summed E-state index contributed by atoms with van der Waals surface area (Å²) >= 11 is 0. The van der Waals surface area contributed by atoms with E-state index in [9.17, 15) is 0 Å². The minimum absolute atomic E-state index is 0. The van der Waals surface area contributed by atoms with Crippen molar-refractivity contribution in [1.29, 1.82) is 0 Å². The number of hydrogen-bond acceptors (Lipinski definition) is 3. The standard InChI is InChI=1S/C10H13N3.ClH/c11-7-8-1-3-9(4-2-8)10-12-5-6-13-10;/h1-4H,5-7,11H2,(H,12,13);1H. The van der Waals surface area contributed by atoms with Crippen molar-refractivity contribution in [3.05, 3.63) is 35.4 Å². The first-order valence-electron chi connectivity index (χ1n) is 4.48. The van der Waals surface area contributed by atoms with Gasteiger partial charge in [-0.25, -0.2) is 0 Å². The van der Waals surface area contributed by atoms with Crippen molar-refractivity contribution in [2.45, 2.75) is 6.54 Å². The minimum Gasteiger partial charge on any atom is -0.368 e. The number of halogens is 1. The first-order valence-corrected chi connectivity index (χ1v) is 4.48. The molecular formula is C10H14ClN3. The molecule has 1 aliphatic heterocycles. The zero-order valence-electron chi connectivity index (χ0n) is 7.86. The summed E-state index contributed by atoms with van der Waals surface area (Å²) in [6.07, 6.45) is 0. The second kappa shape index (κ2) is 4.98. The minimum atomic E-state index is 0. The van der Waals surface area contributed by atoms with E-state index in [2.05, 4.69) is 22.4 Å². The highest BCUT2D eigenvalue weighted by molar-refractivity contribution is 5.99. The number of nitrogens with one attached hydrogen (secondary N) is 1. The Morgan fingerprint density at radius 3 is 2.50 bits per heavy atom. The van der Waals surface area contributed by atoms with Gasteiger partial charge in [-0.2, -0.15) is 0 Å². The molecular weight excluding hydrogens is 198 g/mol. The molecule has 14 heavy (non-hydrogen) atoms. The molecule has 3 N–H and O–H groups in total. The predicted octanol–water partition coefficient (Wildman–Crippen LogP) is 0.917. The fourth-order valence-corrected chi connectivity index (χ4v) is 1.39. The number of hydrogen-bond donors (Lipinski definition) is 2. The van der Waals surface area contributed by atoms with E-state index in [4.69, 9.17) is 5.73 Å². The lowest BCUT2D eigenvalue weighted by atomic mass is 10.1. The topological polar surface area (TPSA) is 50.4 Å². The second-order valence-electron chi connectivity index (χ2n) is 3.06. The molecule has 0 unspecified atom stereocenters. The molecule has 0 aliphatic carbocycles. The Hall–Kier alpha value is -1.06. The van der Waals surface area contributed by atoms with Crippen molar-refractivity contribution in [1.82, 2.24) is 5.32 Å². The van der Waals surface area contributed by atoms with Crippen LogP contribution < -0.4 is 11.1 Å². The number of aliphatic imine (C=N–C) groups is 1. The van der Waals surface area contributed by atoms with Crippen molar-refractivity contribution in [3.8, 4) is 0 Å². The van der Waals surface area contributed by atoms with Crippen molar-refractivity contribution in [2.75, 3.05) is 13.1 Å². The molecule has 0 amide bonds. The molecule has 0 atom stereocenters. The molecule has 0 spiro atoms. The van der Waals surface area contributed by atoms with Crippen LogP contribution in [-0.4, -0.2) is 18.9 Å². The van der Waals surface area contributed by atoms with Crippen LogP contribution in [0.4, 0.5) is 0 Å². The maximum atomic E-state index is 5.51. The van der Waals surface area contributed by atoms with Crippen LogP contribution in [0.5, 0.6) is 0 Å². The van der Waals surface area contributed by atoms with E-state index in [1.165, 1.54) is 0 Å². The maximum absolute atomic E-state index is 5.51. The smallest absolute Gasteiger partial charge is 0.128 e. The number of benzene rings is 1. The normalized spacial score (nSPS) is 14.2. The van der Waals surface area contributed by atoms with Gasteiger partial charge in [0.25, 0.3) is 0 Å². The fourth-order valence-electron chi connectivity index (χ4n) is 1.39. The summed E-state index contributed by atoms with van der Waals surface area (Å²) < 4.78 is 0. The highest BCUT2D eigenvalue weighted by Gasteiger charge is 2.06. The highest BCUT2D eigenvalue weighted by atomic mass is 35.5. The van der Waals surface area contributed by atoms with Gasteiger partial charge in [0.05, 0.1) is 6.54 Å². The largest absolute Gasteiger partial charge is 0.368 e. The van der Waals surface area contributed by atoms with Gasteiger partial charge < -0.3 is 11.1 Å². The van der Waals surface area contributed by atoms with Crippen molar-refractivity contribution in [2.24, 2.45) is 10.7 Å². The molecule has 2 rings (SSSR count). The average molecular weight is 212 g/mol. The highest BCUT2D eigenvalue weighted by Crippen LogP contribution is 2.05. The van der Waals surface area contributed by atoms with E-state index < -0.39 is 0 Å². The van der Waals surface area contributed by atoms with E-state index in [0.717, 1.165) is 30.1 Å². The van der Waals surface area contributed by atoms with Crippen molar-refractivity contribution < 1.29 is 0 Å². The van der Waals surface area contributed by atoms with Crippen molar-refractivity contribution >= 4 is 18.2 Å². The summed E-state index contributed by atoms with van der Waals surface area (Å²) in [7, 11) is 0. The zero-order valence-corrected chi connectivity index (χ0v) is 8.68. The average Bonchev–Trinajstić information content (AvgIpc) is 2.71. The molecule has 0 radical (unpaired) electrons. The van der Waals surface area contributed by atoms with Crippen LogP contribution in [0.1, 0.15) is 11.1 Å². The van der Waals surface area contributed by atoms with Crippen LogP contribution in [-0.2, 0) is 6.54 Å². The van der Waals surface area contributed by atoms with E-state index in [-0.39, 0.29) is 12.4 Å².